The molecule has 0 radical (unpaired) electrons. The van der Waals surface area contributed by atoms with Gasteiger partial charge < -0.3 is 25.2 Å². The van der Waals surface area contributed by atoms with E-state index in [1.807, 2.05) is 13.0 Å². The molecule has 6 nitrogen and oxygen atoms in total. The van der Waals surface area contributed by atoms with E-state index < -0.39 is 18.3 Å². The Balaban J connectivity index is 1.91. The molecule has 6 heteroatoms. The SMILES string of the molecule is CCCCCCCCCCCCCCC(O)C(O)CC/C=C\CCC(O)CCCCCC(O)CC1=CC(C)OC1=O. The summed E-state index contributed by atoms with van der Waals surface area (Å²) in [5, 5.41) is 40.9. The minimum atomic E-state index is -0.663. The van der Waals surface area contributed by atoms with Crippen molar-refractivity contribution < 1.29 is 30.0 Å². The number of unbranched alkanes of at least 4 members (excludes halogenated alkanes) is 13. The Bertz CT molecular complexity index is 690. The van der Waals surface area contributed by atoms with Gasteiger partial charge in [-0.3, -0.25) is 0 Å². The summed E-state index contributed by atoms with van der Waals surface area (Å²) in [7, 11) is 0. The van der Waals surface area contributed by atoms with E-state index in [-0.39, 0.29) is 18.2 Å². The molecule has 1 heterocycles. The zero-order valence-electron chi connectivity index (χ0n) is 26.5. The second-order valence-corrected chi connectivity index (χ2v) is 12.4. The van der Waals surface area contributed by atoms with Gasteiger partial charge in [0.2, 0.25) is 0 Å². The quantitative estimate of drug-likeness (QED) is 0.0426. The van der Waals surface area contributed by atoms with Gasteiger partial charge in [0.15, 0.2) is 0 Å². The highest BCUT2D eigenvalue weighted by Crippen LogP contribution is 2.21. The van der Waals surface area contributed by atoms with E-state index in [0.29, 0.717) is 31.3 Å². The Morgan fingerprint density at radius 3 is 1.68 bits per heavy atom. The zero-order chi connectivity index (χ0) is 30.1. The topological polar surface area (TPSA) is 107 Å². The smallest absolute Gasteiger partial charge is 0.334 e. The standard InChI is InChI=1S/C35H64O6/c1-3-4-5-6-7-8-9-10-11-12-13-20-25-33(38)34(39)26-21-15-14-17-22-31(36)23-18-16-19-24-32(37)28-30-27-29(2)41-35(30)40/h14-15,27,29,31-34,36-39H,3-13,16-26,28H2,1-2H3/b15-14-. The molecule has 1 aliphatic heterocycles. The highest BCUT2D eigenvalue weighted by Gasteiger charge is 2.24. The Kier molecular flexibility index (Phi) is 23.3. The van der Waals surface area contributed by atoms with Gasteiger partial charge in [0, 0.05) is 12.0 Å². The van der Waals surface area contributed by atoms with E-state index in [1.54, 1.807) is 6.08 Å². The summed E-state index contributed by atoms with van der Waals surface area (Å²) in [4.78, 5) is 11.6. The molecule has 0 fully saturated rings. The first-order valence-corrected chi connectivity index (χ1v) is 17.1. The van der Waals surface area contributed by atoms with E-state index in [4.69, 9.17) is 4.74 Å². The Morgan fingerprint density at radius 1 is 0.659 bits per heavy atom. The first-order chi connectivity index (χ1) is 19.8. The monoisotopic (exact) mass is 580 g/mol. The number of hydrogen-bond acceptors (Lipinski definition) is 6. The van der Waals surface area contributed by atoms with Gasteiger partial charge in [-0.15, -0.1) is 0 Å². The first-order valence-electron chi connectivity index (χ1n) is 17.1. The van der Waals surface area contributed by atoms with Crippen LogP contribution in [-0.2, 0) is 9.53 Å². The van der Waals surface area contributed by atoms with Crippen molar-refractivity contribution in [1.29, 1.82) is 0 Å². The van der Waals surface area contributed by atoms with Gasteiger partial charge in [0.1, 0.15) is 6.10 Å². The lowest BCUT2D eigenvalue weighted by Gasteiger charge is -2.17. The molecular formula is C35H64O6. The summed E-state index contributed by atoms with van der Waals surface area (Å²) in [6.45, 7) is 4.08. The molecule has 0 aromatic carbocycles. The fraction of sp³-hybridized carbons (Fsp3) is 0.857. The lowest BCUT2D eigenvalue weighted by molar-refractivity contribution is -0.139. The molecule has 5 unspecified atom stereocenters. The van der Waals surface area contributed by atoms with E-state index >= 15 is 0 Å². The molecule has 1 aliphatic rings. The summed E-state index contributed by atoms with van der Waals surface area (Å²) in [6, 6.07) is 0. The van der Waals surface area contributed by atoms with Gasteiger partial charge in [-0.2, -0.15) is 0 Å². The van der Waals surface area contributed by atoms with Crippen molar-refractivity contribution in [3.05, 3.63) is 23.8 Å². The van der Waals surface area contributed by atoms with Crippen molar-refractivity contribution in [3.63, 3.8) is 0 Å². The number of aliphatic hydroxyl groups is 4. The number of esters is 1. The summed E-state index contributed by atoms with van der Waals surface area (Å²) in [6.07, 6.45) is 27.1. The van der Waals surface area contributed by atoms with Gasteiger partial charge in [-0.1, -0.05) is 115 Å². The Morgan fingerprint density at radius 2 is 1.12 bits per heavy atom. The fourth-order valence-electron chi connectivity index (χ4n) is 5.59. The highest BCUT2D eigenvalue weighted by molar-refractivity contribution is 5.90. The molecule has 0 aliphatic carbocycles. The number of aliphatic hydroxyl groups excluding tert-OH is 4. The van der Waals surface area contributed by atoms with E-state index in [1.165, 1.54) is 64.2 Å². The van der Waals surface area contributed by atoms with Crippen LogP contribution in [-0.4, -0.2) is 56.9 Å². The Labute approximate surface area is 251 Å². The largest absolute Gasteiger partial charge is 0.455 e. The van der Waals surface area contributed by atoms with Crippen molar-refractivity contribution in [1.82, 2.24) is 0 Å². The average molecular weight is 581 g/mol. The van der Waals surface area contributed by atoms with E-state index in [2.05, 4.69) is 13.0 Å². The number of hydrogen-bond donors (Lipinski definition) is 4. The molecule has 0 saturated carbocycles. The molecule has 0 spiro atoms. The van der Waals surface area contributed by atoms with Crippen molar-refractivity contribution >= 4 is 5.97 Å². The molecule has 0 bridgehead atoms. The minimum Gasteiger partial charge on any atom is -0.455 e. The summed E-state index contributed by atoms with van der Waals surface area (Å²) in [5.41, 5.74) is 0.578. The van der Waals surface area contributed by atoms with Crippen LogP contribution >= 0.6 is 0 Å². The zero-order valence-corrected chi connectivity index (χ0v) is 26.5. The van der Waals surface area contributed by atoms with Crippen molar-refractivity contribution in [2.45, 2.75) is 192 Å². The van der Waals surface area contributed by atoms with Crippen LogP contribution in [0.3, 0.4) is 0 Å². The van der Waals surface area contributed by atoms with Crippen LogP contribution in [0.15, 0.2) is 23.8 Å². The maximum atomic E-state index is 11.6. The normalized spacial score (nSPS) is 18.4. The predicted octanol–water partition coefficient (Wildman–Crippen LogP) is 7.85. The van der Waals surface area contributed by atoms with E-state index in [9.17, 15) is 25.2 Å². The summed E-state index contributed by atoms with van der Waals surface area (Å²) < 4.78 is 5.06. The third-order valence-electron chi connectivity index (χ3n) is 8.28. The number of carbonyl (C=O) groups is 1. The van der Waals surface area contributed by atoms with Crippen LogP contribution in [0.5, 0.6) is 0 Å². The second kappa shape index (κ2) is 25.3. The van der Waals surface area contributed by atoms with Gasteiger partial charge in [0.25, 0.3) is 0 Å². The van der Waals surface area contributed by atoms with Crippen LogP contribution in [0, 0.1) is 0 Å². The van der Waals surface area contributed by atoms with Crippen LogP contribution in [0.2, 0.25) is 0 Å². The molecule has 4 N–H and O–H groups in total. The van der Waals surface area contributed by atoms with Crippen molar-refractivity contribution in [2.24, 2.45) is 0 Å². The van der Waals surface area contributed by atoms with Gasteiger partial charge in [0.05, 0.1) is 24.4 Å². The second-order valence-electron chi connectivity index (χ2n) is 12.4. The molecule has 0 aromatic rings. The fourth-order valence-corrected chi connectivity index (χ4v) is 5.59. The number of rotatable bonds is 28. The maximum Gasteiger partial charge on any atom is 0.334 e. The molecule has 41 heavy (non-hydrogen) atoms. The van der Waals surface area contributed by atoms with E-state index in [0.717, 1.165) is 57.8 Å². The number of allylic oxidation sites excluding steroid dienone is 2. The average Bonchev–Trinajstić information content (AvgIpc) is 3.26. The van der Waals surface area contributed by atoms with Crippen molar-refractivity contribution in [2.75, 3.05) is 0 Å². The molecule has 240 valence electrons. The molecule has 0 saturated heterocycles. The first kappa shape index (κ1) is 37.8. The van der Waals surface area contributed by atoms with Crippen molar-refractivity contribution in [3.8, 4) is 0 Å². The third kappa shape index (κ3) is 21.2. The lowest BCUT2D eigenvalue weighted by atomic mass is 10.00. The molecule has 5 atom stereocenters. The van der Waals surface area contributed by atoms with Gasteiger partial charge >= 0.3 is 5.97 Å². The molecule has 1 rings (SSSR count). The highest BCUT2D eigenvalue weighted by atomic mass is 16.5. The molecular weight excluding hydrogens is 516 g/mol. The lowest BCUT2D eigenvalue weighted by Crippen LogP contribution is -2.25. The minimum absolute atomic E-state index is 0.195. The van der Waals surface area contributed by atoms with Crippen LogP contribution < -0.4 is 0 Å². The molecule has 0 aromatic heterocycles. The van der Waals surface area contributed by atoms with Crippen LogP contribution in [0.1, 0.15) is 162 Å². The summed E-state index contributed by atoms with van der Waals surface area (Å²) >= 11 is 0. The van der Waals surface area contributed by atoms with Gasteiger partial charge in [-0.25, -0.2) is 4.79 Å². The molecule has 0 amide bonds. The van der Waals surface area contributed by atoms with Crippen LogP contribution in [0.25, 0.3) is 0 Å². The third-order valence-corrected chi connectivity index (χ3v) is 8.28. The number of ether oxygens (including phenoxy) is 1. The Hall–Kier alpha value is -1.21. The van der Waals surface area contributed by atoms with Crippen LogP contribution in [0.4, 0.5) is 0 Å². The number of cyclic esters (lactones) is 1. The summed E-state index contributed by atoms with van der Waals surface area (Å²) in [5.74, 6) is -0.312. The van der Waals surface area contributed by atoms with Gasteiger partial charge in [-0.05, 0) is 57.9 Å². The number of carbonyl (C=O) groups excluding carboxylic acids is 1. The predicted molar refractivity (Wildman–Crippen MR) is 169 cm³/mol. The maximum absolute atomic E-state index is 11.6.